The summed E-state index contributed by atoms with van der Waals surface area (Å²) in [6.07, 6.45) is 0. The lowest BCUT2D eigenvalue weighted by Crippen LogP contribution is -2.21. The third-order valence-electron chi connectivity index (χ3n) is 4.26. The van der Waals surface area contributed by atoms with Crippen LogP contribution in [0.15, 0.2) is 84.9 Å². The van der Waals surface area contributed by atoms with Gasteiger partial charge in [-0.25, -0.2) is 0 Å². The molecule has 2 nitrogen and oxygen atoms in total. The van der Waals surface area contributed by atoms with Crippen molar-refractivity contribution >= 4 is 36.5 Å². The number of hydrogen-bond donors (Lipinski definition) is 0. The van der Waals surface area contributed by atoms with Gasteiger partial charge in [0.05, 0.1) is 6.61 Å². The lowest BCUT2D eigenvalue weighted by atomic mass is 10.2. The third-order valence-corrected chi connectivity index (χ3v) is 8.58. The molecule has 3 aromatic carbocycles. The normalized spacial score (nSPS) is 13.7. The minimum absolute atomic E-state index is 0.363. The average molecular weight is 396 g/mol. The van der Waals surface area contributed by atoms with Crippen LogP contribution in [0.25, 0.3) is 0 Å². The van der Waals surface area contributed by atoms with Crippen LogP contribution in [0.5, 0.6) is 0 Å². The molecule has 0 aliphatic rings. The van der Waals surface area contributed by atoms with E-state index in [4.69, 9.17) is 4.52 Å². The molecule has 0 saturated carbocycles. The minimum atomic E-state index is -2.79. The van der Waals surface area contributed by atoms with E-state index in [1.165, 1.54) is 15.9 Å². The molecular formula is C23H26O2P2. The van der Waals surface area contributed by atoms with Crippen molar-refractivity contribution in [2.45, 2.75) is 13.8 Å². The Morgan fingerprint density at radius 3 is 1.67 bits per heavy atom. The standard InChI is InChI=1S/C23H26O2P2/c1-19(2)18-25-27(3,24)23-16-14-22(15-17-23)26(20-10-6-4-7-11-20)21-12-8-5-9-13-21/h4-17,19H,18H2,1-3H3. The smallest absolute Gasteiger partial charge is 0.229 e. The molecule has 0 bridgehead atoms. The number of hydrogen-bond acceptors (Lipinski definition) is 2. The Hall–Kier alpha value is -1.72. The highest BCUT2D eigenvalue weighted by Crippen LogP contribution is 2.42. The van der Waals surface area contributed by atoms with E-state index in [-0.39, 0.29) is 0 Å². The molecule has 3 aromatic rings. The molecule has 140 valence electrons. The first-order valence-electron chi connectivity index (χ1n) is 9.20. The highest BCUT2D eigenvalue weighted by molar-refractivity contribution is 7.79. The van der Waals surface area contributed by atoms with Gasteiger partial charge in [-0.3, -0.25) is 4.57 Å². The second kappa shape index (κ2) is 8.98. The fourth-order valence-electron chi connectivity index (χ4n) is 2.84. The SMILES string of the molecule is CC(C)COP(C)(=O)c1ccc(P(c2ccccc2)c2ccccc2)cc1. The van der Waals surface area contributed by atoms with Gasteiger partial charge in [0, 0.05) is 12.0 Å². The second-order valence-electron chi connectivity index (χ2n) is 7.06. The van der Waals surface area contributed by atoms with Gasteiger partial charge in [0.15, 0.2) is 0 Å². The lowest BCUT2D eigenvalue weighted by molar-refractivity contribution is 0.278. The Balaban J connectivity index is 1.94. The summed E-state index contributed by atoms with van der Waals surface area (Å²) in [6.45, 7) is 6.35. The van der Waals surface area contributed by atoms with Crippen molar-refractivity contribution in [3.63, 3.8) is 0 Å². The maximum atomic E-state index is 12.9. The van der Waals surface area contributed by atoms with Crippen LogP contribution in [0, 0.1) is 5.92 Å². The molecule has 0 saturated heterocycles. The maximum Gasteiger partial charge on any atom is 0.229 e. The van der Waals surface area contributed by atoms with Crippen LogP contribution in [0.3, 0.4) is 0 Å². The summed E-state index contributed by atoms with van der Waals surface area (Å²) in [7, 11) is -3.43. The van der Waals surface area contributed by atoms with Crippen LogP contribution in [0.2, 0.25) is 0 Å². The Morgan fingerprint density at radius 1 is 0.778 bits per heavy atom. The Labute approximate surface area is 163 Å². The summed E-state index contributed by atoms with van der Waals surface area (Å²) >= 11 is 0. The Bertz CT molecular complexity index is 851. The minimum Gasteiger partial charge on any atom is -0.325 e. The van der Waals surface area contributed by atoms with Crippen molar-refractivity contribution in [2.24, 2.45) is 5.92 Å². The first kappa shape index (κ1) is 20.0. The molecule has 1 unspecified atom stereocenters. The molecule has 4 heteroatoms. The van der Waals surface area contributed by atoms with E-state index >= 15 is 0 Å². The Kier molecular flexibility index (Phi) is 6.66. The second-order valence-corrected chi connectivity index (χ2v) is 11.7. The summed E-state index contributed by atoms with van der Waals surface area (Å²) in [5.74, 6) is 0.363. The molecule has 0 aliphatic carbocycles. The molecule has 0 aliphatic heterocycles. The van der Waals surface area contributed by atoms with Crippen LogP contribution < -0.4 is 21.2 Å². The zero-order valence-corrected chi connectivity index (χ0v) is 17.9. The van der Waals surface area contributed by atoms with E-state index in [1.807, 2.05) is 24.3 Å². The molecule has 27 heavy (non-hydrogen) atoms. The van der Waals surface area contributed by atoms with Gasteiger partial charge in [0.25, 0.3) is 0 Å². The van der Waals surface area contributed by atoms with Gasteiger partial charge in [-0.05, 0) is 41.9 Å². The van der Waals surface area contributed by atoms with Crippen molar-refractivity contribution < 1.29 is 9.09 Å². The van der Waals surface area contributed by atoms with Crippen LogP contribution in [-0.4, -0.2) is 13.3 Å². The van der Waals surface area contributed by atoms with E-state index in [0.717, 1.165) is 5.30 Å². The van der Waals surface area contributed by atoms with Crippen LogP contribution in [-0.2, 0) is 9.09 Å². The zero-order valence-electron chi connectivity index (χ0n) is 16.1. The molecule has 0 N–H and O–H groups in total. The van der Waals surface area contributed by atoms with Gasteiger partial charge in [0.2, 0.25) is 7.37 Å². The quantitative estimate of drug-likeness (QED) is 0.544. The number of benzene rings is 3. The fourth-order valence-corrected chi connectivity index (χ4v) is 6.54. The third kappa shape index (κ3) is 5.17. The molecule has 3 rings (SSSR count). The van der Waals surface area contributed by atoms with Gasteiger partial charge in [0.1, 0.15) is 0 Å². The highest BCUT2D eigenvalue weighted by atomic mass is 31.2. The molecule has 0 fully saturated rings. The van der Waals surface area contributed by atoms with Crippen molar-refractivity contribution in [3.05, 3.63) is 84.9 Å². The highest BCUT2D eigenvalue weighted by Gasteiger charge is 2.21. The monoisotopic (exact) mass is 396 g/mol. The molecule has 0 aromatic heterocycles. The molecular weight excluding hydrogens is 370 g/mol. The fraction of sp³-hybridized carbons (Fsp3) is 0.217. The summed E-state index contributed by atoms with van der Waals surface area (Å²) in [5.41, 5.74) is 0. The van der Waals surface area contributed by atoms with Crippen LogP contribution in [0.1, 0.15) is 13.8 Å². The molecule has 0 spiro atoms. The summed E-state index contributed by atoms with van der Waals surface area (Å²) in [6, 6.07) is 29.3. The molecule has 0 heterocycles. The van der Waals surface area contributed by atoms with E-state index in [1.54, 1.807) is 6.66 Å². The zero-order chi connectivity index (χ0) is 19.3. The summed E-state index contributed by atoms with van der Waals surface area (Å²) < 4.78 is 18.6. The first-order valence-corrected chi connectivity index (χ1v) is 12.6. The topological polar surface area (TPSA) is 26.3 Å². The van der Waals surface area contributed by atoms with Gasteiger partial charge in [-0.1, -0.05) is 86.6 Å². The number of rotatable bonds is 7. The van der Waals surface area contributed by atoms with Crippen molar-refractivity contribution in [1.82, 2.24) is 0 Å². The first-order chi connectivity index (χ1) is 13.0. The van der Waals surface area contributed by atoms with Gasteiger partial charge in [-0.2, -0.15) is 0 Å². The largest absolute Gasteiger partial charge is 0.325 e. The maximum absolute atomic E-state index is 12.9. The van der Waals surface area contributed by atoms with E-state index in [9.17, 15) is 4.57 Å². The van der Waals surface area contributed by atoms with Crippen molar-refractivity contribution in [3.8, 4) is 0 Å². The van der Waals surface area contributed by atoms with Crippen molar-refractivity contribution in [2.75, 3.05) is 13.3 Å². The molecule has 0 radical (unpaired) electrons. The van der Waals surface area contributed by atoms with Crippen LogP contribution >= 0.6 is 15.3 Å². The molecule has 1 atom stereocenters. The van der Waals surface area contributed by atoms with Gasteiger partial charge < -0.3 is 4.52 Å². The summed E-state index contributed by atoms with van der Waals surface area (Å²) in [5, 5.41) is 4.64. The van der Waals surface area contributed by atoms with Crippen molar-refractivity contribution in [1.29, 1.82) is 0 Å². The molecule has 0 amide bonds. The van der Waals surface area contributed by atoms with Gasteiger partial charge >= 0.3 is 0 Å². The van der Waals surface area contributed by atoms with E-state index in [2.05, 4.69) is 74.5 Å². The van der Waals surface area contributed by atoms with Crippen LogP contribution in [0.4, 0.5) is 0 Å². The predicted octanol–water partition coefficient (Wildman–Crippen LogP) is 4.65. The van der Waals surface area contributed by atoms with E-state index < -0.39 is 15.3 Å². The Morgan fingerprint density at radius 2 is 1.22 bits per heavy atom. The van der Waals surface area contributed by atoms with E-state index in [0.29, 0.717) is 12.5 Å². The average Bonchev–Trinajstić information content (AvgIpc) is 2.69. The predicted molar refractivity (Wildman–Crippen MR) is 119 cm³/mol. The lowest BCUT2D eigenvalue weighted by Gasteiger charge is -2.21. The van der Waals surface area contributed by atoms with Gasteiger partial charge in [-0.15, -0.1) is 0 Å². The summed E-state index contributed by atoms with van der Waals surface area (Å²) in [4.78, 5) is 0.